The fraction of sp³-hybridized carbons (Fsp3) is 0.267. The maximum Gasteiger partial charge on any atom is 0.298 e. The lowest BCUT2D eigenvalue weighted by Gasteiger charge is -2.15. The molecule has 1 atom stereocenters. The molecule has 0 aliphatic carbocycles. The number of alkyl halides is 2. The monoisotopic (exact) mass is 295 g/mol. The molecule has 0 saturated carbocycles. The van der Waals surface area contributed by atoms with Crippen LogP contribution >= 0.6 is 9.24 Å². The van der Waals surface area contributed by atoms with Gasteiger partial charge < -0.3 is 4.57 Å². The third-order valence-electron chi connectivity index (χ3n) is 3.20. The van der Waals surface area contributed by atoms with E-state index >= 15 is 0 Å². The SMILES string of the molecule is Cc1cccc(Cc2ccc(C(F)(F)P)n(C)c2=O)c1. The van der Waals surface area contributed by atoms with Gasteiger partial charge in [-0.15, -0.1) is 0 Å². The van der Waals surface area contributed by atoms with Gasteiger partial charge >= 0.3 is 0 Å². The van der Waals surface area contributed by atoms with Crippen LogP contribution in [0.2, 0.25) is 0 Å². The molecule has 0 fully saturated rings. The number of aryl methyl sites for hydroxylation is 1. The Morgan fingerprint density at radius 2 is 1.95 bits per heavy atom. The van der Waals surface area contributed by atoms with Gasteiger partial charge in [0.2, 0.25) is 0 Å². The standard InChI is InChI=1S/C15H16F2NOP/c1-10-4-3-5-11(8-10)9-12-6-7-13(15(16,17)20)18(2)14(12)19/h3-8H,9,20H2,1-2H3. The highest BCUT2D eigenvalue weighted by molar-refractivity contribution is 7.17. The van der Waals surface area contributed by atoms with Crippen LogP contribution in [0.5, 0.6) is 0 Å². The molecule has 2 rings (SSSR count). The third kappa shape index (κ3) is 3.13. The number of rotatable bonds is 3. The second-order valence-electron chi connectivity index (χ2n) is 4.90. The smallest absolute Gasteiger partial charge is 0.298 e. The van der Waals surface area contributed by atoms with Crippen molar-refractivity contribution in [2.24, 2.45) is 7.05 Å². The third-order valence-corrected chi connectivity index (χ3v) is 3.50. The topological polar surface area (TPSA) is 22.0 Å². The highest BCUT2D eigenvalue weighted by Crippen LogP contribution is 2.33. The van der Waals surface area contributed by atoms with Gasteiger partial charge in [-0.05, 0) is 18.6 Å². The molecule has 0 saturated heterocycles. The molecule has 0 aliphatic heterocycles. The molecule has 2 aromatic rings. The molecular formula is C15H16F2NOP. The molecule has 0 bridgehead atoms. The van der Waals surface area contributed by atoms with E-state index in [0.29, 0.717) is 12.0 Å². The van der Waals surface area contributed by atoms with Gasteiger partial charge in [-0.3, -0.25) is 4.79 Å². The molecule has 1 aromatic heterocycles. The largest absolute Gasteiger partial charge is 0.309 e. The maximum absolute atomic E-state index is 13.3. The molecule has 0 radical (unpaired) electrons. The van der Waals surface area contributed by atoms with E-state index in [2.05, 4.69) is 0 Å². The quantitative estimate of drug-likeness (QED) is 0.797. The van der Waals surface area contributed by atoms with Gasteiger partial charge in [0.25, 0.3) is 11.2 Å². The summed E-state index contributed by atoms with van der Waals surface area (Å²) in [6, 6.07) is 10.6. The number of aromatic nitrogens is 1. The molecule has 0 amide bonds. The zero-order valence-electron chi connectivity index (χ0n) is 11.4. The lowest BCUT2D eigenvalue weighted by molar-refractivity contribution is 0.0938. The van der Waals surface area contributed by atoms with Crippen LogP contribution < -0.4 is 5.56 Å². The Morgan fingerprint density at radius 3 is 2.55 bits per heavy atom. The summed E-state index contributed by atoms with van der Waals surface area (Å²) >= 11 is 0. The molecule has 5 heteroatoms. The number of hydrogen-bond donors (Lipinski definition) is 0. The van der Waals surface area contributed by atoms with Crippen LogP contribution in [0.3, 0.4) is 0 Å². The van der Waals surface area contributed by atoms with E-state index < -0.39 is 5.66 Å². The minimum Gasteiger partial charge on any atom is -0.309 e. The first-order chi connectivity index (χ1) is 9.29. The predicted molar refractivity (Wildman–Crippen MR) is 79.3 cm³/mol. The molecule has 1 heterocycles. The average Bonchev–Trinajstić information content (AvgIpc) is 2.33. The van der Waals surface area contributed by atoms with Crippen LogP contribution in [0.1, 0.15) is 22.4 Å². The minimum atomic E-state index is -3.10. The van der Waals surface area contributed by atoms with Gasteiger partial charge in [0.15, 0.2) is 0 Å². The fourth-order valence-electron chi connectivity index (χ4n) is 2.20. The van der Waals surface area contributed by atoms with Crippen LogP contribution in [0, 0.1) is 6.92 Å². The van der Waals surface area contributed by atoms with E-state index in [0.717, 1.165) is 15.7 Å². The van der Waals surface area contributed by atoms with E-state index in [-0.39, 0.29) is 11.3 Å². The number of pyridine rings is 1. The minimum absolute atomic E-state index is 0.305. The molecule has 1 unspecified atom stereocenters. The van der Waals surface area contributed by atoms with E-state index in [9.17, 15) is 13.6 Å². The zero-order valence-corrected chi connectivity index (χ0v) is 12.5. The van der Waals surface area contributed by atoms with Crippen molar-refractivity contribution in [2.45, 2.75) is 19.0 Å². The van der Waals surface area contributed by atoms with Gasteiger partial charge in [0, 0.05) is 19.0 Å². The molecule has 0 aliphatic rings. The first-order valence-corrected chi connectivity index (χ1v) is 6.78. The molecule has 0 N–H and O–H groups in total. The Bertz CT molecular complexity index is 689. The first kappa shape index (κ1) is 14.9. The van der Waals surface area contributed by atoms with Crippen LogP contribution in [-0.4, -0.2) is 4.57 Å². The van der Waals surface area contributed by atoms with Crippen molar-refractivity contribution in [2.75, 3.05) is 0 Å². The van der Waals surface area contributed by atoms with Crippen molar-refractivity contribution in [3.63, 3.8) is 0 Å². The predicted octanol–water partition coefficient (Wildman–Crippen LogP) is 3.21. The van der Waals surface area contributed by atoms with Gasteiger partial charge in [-0.1, -0.05) is 45.1 Å². The second kappa shape index (κ2) is 5.45. The number of benzene rings is 1. The molecular weight excluding hydrogens is 279 g/mol. The van der Waals surface area contributed by atoms with E-state index in [1.54, 1.807) is 0 Å². The molecule has 0 spiro atoms. The van der Waals surface area contributed by atoms with Gasteiger partial charge in [-0.2, -0.15) is 8.78 Å². The normalized spacial score (nSPS) is 11.7. The van der Waals surface area contributed by atoms with Crippen molar-refractivity contribution < 1.29 is 8.78 Å². The summed E-state index contributed by atoms with van der Waals surface area (Å²) < 4.78 is 27.6. The van der Waals surface area contributed by atoms with Crippen molar-refractivity contribution in [3.8, 4) is 0 Å². The second-order valence-corrected chi connectivity index (χ2v) is 5.62. The van der Waals surface area contributed by atoms with Crippen LogP contribution in [-0.2, 0) is 19.1 Å². The highest BCUT2D eigenvalue weighted by atomic mass is 31.0. The fourth-order valence-corrected chi connectivity index (χ4v) is 2.49. The Hall–Kier alpha value is -1.54. The number of halogens is 2. The summed E-state index contributed by atoms with van der Waals surface area (Å²) in [5.74, 6) is 0. The summed E-state index contributed by atoms with van der Waals surface area (Å²) in [7, 11) is 2.82. The van der Waals surface area contributed by atoms with E-state index in [1.807, 2.05) is 31.2 Å². The van der Waals surface area contributed by atoms with Crippen molar-refractivity contribution >= 4 is 9.24 Å². The van der Waals surface area contributed by atoms with Crippen LogP contribution in [0.25, 0.3) is 0 Å². The lowest BCUT2D eigenvalue weighted by atomic mass is 10.0. The Morgan fingerprint density at radius 1 is 1.25 bits per heavy atom. The van der Waals surface area contributed by atoms with Gasteiger partial charge in [-0.25, -0.2) is 0 Å². The first-order valence-electron chi connectivity index (χ1n) is 6.20. The summed E-state index contributed by atoms with van der Waals surface area (Å²) in [4.78, 5) is 12.1. The Balaban J connectivity index is 2.40. The molecule has 2 nitrogen and oxygen atoms in total. The summed E-state index contributed by atoms with van der Waals surface area (Å²) in [5.41, 5.74) is -1.18. The Labute approximate surface area is 118 Å². The average molecular weight is 295 g/mol. The van der Waals surface area contributed by atoms with Crippen molar-refractivity contribution in [1.82, 2.24) is 4.57 Å². The van der Waals surface area contributed by atoms with Crippen LogP contribution in [0.15, 0.2) is 41.2 Å². The number of nitrogens with zero attached hydrogens (tertiary/aromatic N) is 1. The molecule has 1 aromatic carbocycles. The molecule has 20 heavy (non-hydrogen) atoms. The van der Waals surface area contributed by atoms with E-state index in [1.165, 1.54) is 28.4 Å². The van der Waals surface area contributed by atoms with Crippen molar-refractivity contribution in [1.29, 1.82) is 0 Å². The number of hydrogen-bond acceptors (Lipinski definition) is 1. The van der Waals surface area contributed by atoms with Crippen molar-refractivity contribution in [3.05, 3.63) is 69.1 Å². The van der Waals surface area contributed by atoms with E-state index in [4.69, 9.17) is 0 Å². The molecule has 106 valence electrons. The summed E-state index contributed by atoms with van der Waals surface area (Å²) in [6.07, 6.45) is 0.442. The lowest BCUT2D eigenvalue weighted by Crippen LogP contribution is -2.27. The highest BCUT2D eigenvalue weighted by Gasteiger charge is 2.28. The summed E-state index contributed by atoms with van der Waals surface area (Å²) in [6.45, 7) is 1.97. The maximum atomic E-state index is 13.3. The van der Waals surface area contributed by atoms with Gasteiger partial charge in [0.1, 0.15) is 0 Å². The Kier molecular flexibility index (Phi) is 4.05. The zero-order chi connectivity index (χ0) is 14.9. The summed E-state index contributed by atoms with van der Waals surface area (Å²) in [5, 5.41) is 0. The van der Waals surface area contributed by atoms with Crippen LogP contribution in [0.4, 0.5) is 8.78 Å². The van der Waals surface area contributed by atoms with Gasteiger partial charge in [0.05, 0.1) is 5.69 Å².